The predicted octanol–water partition coefficient (Wildman–Crippen LogP) is 4.68. The third kappa shape index (κ3) is 4.29. The second kappa shape index (κ2) is 7.55. The van der Waals surface area contributed by atoms with Crippen LogP contribution in [-0.4, -0.2) is 18.2 Å². The van der Waals surface area contributed by atoms with Crippen LogP contribution in [0.1, 0.15) is 31.2 Å². The van der Waals surface area contributed by atoms with Crippen LogP contribution >= 0.6 is 11.6 Å². The highest BCUT2D eigenvalue weighted by molar-refractivity contribution is 6.29. The molecule has 2 aromatic rings. The third-order valence-corrected chi connectivity index (χ3v) is 4.28. The second-order valence-corrected chi connectivity index (χ2v) is 6.12. The minimum atomic E-state index is 0.305. The van der Waals surface area contributed by atoms with Gasteiger partial charge in [-0.1, -0.05) is 17.7 Å². The molecule has 0 bridgehead atoms. The van der Waals surface area contributed by atoms with Gasteiger partial charge in [0.25, 0.3) is 0 Å². The molecule has 4 nitrogen and oxygen atoms in total. The molecule has 1 saturated carbocycles. The summed E-state index contributed by atoms with van der Waals surface area (Å²) >= 11 is 5.82. The van der Waals surface area contributed by atoms with Gasteiger partial charge in [-0.2, -0.15) is 0 Å². The summed E-state index contributed by atoms with van der Waals surface area (Å²) in [5.74, 6) is 1.65. The molecule has 122 valence electrons. The van der Waals surface area contributed by atoms with Crippen molar-refractivity contribution in [2.24, 2.45) is 0 Å². The summed E-state index contributed by atoms with van der Waals surface area (Å²) in [6.45, 7) is 0.664. The van der Waals surface area contributed by atoms with E-state index in [1.54, 1.807) is 19.4 Å². The zero-order chi connectivity index (χ0) is 16.1. The maximum absolute atomic E-state index is 6.18. The topological polar surface area (TPSA) is 43.4 Å². The van der Waals surface area contributed by atoms with Gasteiger partial charge in [0.05, 0.1) is 18.9 Å². The standard InChI is InChI=1S/C18H21ClN2O2/c1-22-15-7-8-16(17(10-15)23-14-4-2-3-5-14)20-11-13-6-9-18(19)21-12-13/h6-10,12,14,20H,2-5,11H2,1H3. The van der Waals surface area contributed by atoms with E-state index in [1.165, 1.54) is 12.8 Å². The summed E-state index contributed by atoms with van der Waals surface area (Å²) < 4.78 is 11.5. The number of nitrogens with zero attached hydrogens (tertiary/aromatic N) is 1. The first-order valence-corrected chi connectivity index (χ1v) is 8.31. The highest BCUT2D eigenvalue weighted by Gasteiger charge is 2.18. The Kier molecular flexibility index (Phi) is 5.23. The molecular formula is C18H21ClN2O2. The first-order valence-electron chi connectivity index (χ1n) is 7.93. The number of aromatic nitrogens is 1. The fraction of sp³-hybridized carbons (Fsp3) is 0.389. The fourth-order valence-electron chi connectivity index (χ4n) is 2.77. The molecule has 3 rings (SSSR count). The van der Waals surface area contributed by atoms with Crippen molar-refractivity contribution in [3.8, 4) is 11.5 Å². The molecule has 1 aliphatic rings. The van der Waals surface area contributed by atoms with Crippen LogP contribution < -0.4 is 14.8 Å². The molecule has 0 amide bonds. The molecule has 0 spiro atoms. The highest BCUT2D eigenvalue weighted by Crippen LogP contribution is 2.33. The molecule has 1 aliphatic carbocycles. The van der Waals surface area contributed by atoms with Crippen molar-refractivity contribution in [3.63, 3.8) is 0 Å². The monoisotopic (exact) mass is 332 g/mol. The molecule has 1 aromatic carbocycles. The first kappa shape index (κ1) is 15.9. The number of nitrogens with one attached hydrogen (secondary N) is 1. The summed E-state index contributed by atoms with van der Waals surface area (Å²) in [6, 6.07) is 9.63. The molecule has 5 heteroatoms. The molecule has 0 atom stereocenters. The van der Waals surface area contributed by atoms with Gasteiger partial charge < -0.3 is 14.8 Å². The molecule has 0 aliphatic heterocycles. The van der Waals surface area contributed by atoms with Gasteiger partial charge >= 0.3 is 0 Å². The van der Waals surface area contributed by atoms with E-state index in [1.807, 2.05) is 24.3 Å². The SMILES string of the molecule is COc1ccc(NCc2ccc(Cl)nc2)c(OC2CCCC2)c1. The Morgan fingerprint density at radius 3 is 2.74 bits per heavy atom. The lowest BCUT2D eigenvalue weighted by Gasteiger charge is -2.18. The normalized spacial score (nSPS) is 14.7. The van der Waals surface area contributed by atoms with E-state index in [0.717, 1.165) is 35.6 Å². The van der Waals surface area contributed by atoms with E-state index < -0.39 is 0 Å². The average Bonchev–Trinajstić information content (AvgIpc) is 3.08. The van der Waals surface area contributed by atoms with Crippen LogP contribution in [0.25, 0.3) is 0 Å². The quantitative estimate of drug-likeness (QED) is 0.780. The first-order chi connectivity index (χ1) is 11.2. The number of pyridine rings is 1. The molecule has 1 fully saturated rings. The lowest BCUT2D eigenvalue weighted by atomic mass is 10.2. The minimum Gasteiger partial charge on any atom is -0.497 e. The number of ether oxygens (including phenoxy) is 2. The van der Waals surface area contributed by atoms with E-state index in [2.05, 4.69) is 10.3 Å². The summed E-state index contributed by atoms with van der Waals surface area (Å²) in [5.41, 5.74) is 2.03. The maximum Gasteiger partial charge on any atom is 0.146 e. The van der Waals surface area contributed by atoms with Crippen LogP contribution in [-0.2, 0) is 6.54 Å². The van der Waals surface area contributed by atoms with Gasteiger partial charge in [-0.05, 0) is 49.4 Å². The summed E-state index contributed by atoms with van der Waals surface area (Å²) in [5, 5.41) is 3.91. The Hall–Kier alpha value is -1.94. The van der Waals surface area contributed by atoms with Crippen LogP contribution in [0.5, 0.6) is 11.5 Å². The molecule has 0 radical (unpaired) electrons. The van der Waals surface area contributed by atoms with Crippen LogP contribution in [0.15, 0.2) is 36.5 Å². The summed E-state index contributed by atoms with van der Waals surface area (Å²) in [4.78, 5) is 4.10. The van der Waals surface area contributed by atoms with E-state index in [9.17, 15) is 0 Å². The molecule has 1 aromatic heterocycles. The molecule has 1 heterocycles. The van der Waals surface area contributed by atoms with Gasteiger partial charge in [-0.15, -0.1) is 0 Å². The van der Waals surface area contributed by atoms with Gasteiger partial charge in [0, 0.05) is 18.8 Å². The van der Waals surface area contributed by atoms with Gasteiger partial charge in [0.15, 0.2) is 0 Å². The van der Waals surface area contributed by atoms with Crippen molar-refractivity contribution in [1.29, 1.82) is 0 Å². The Morgan fingerprint density at radius 1 is 1.22 bits per heavy atom. The lowest BCUT2D eigenvalue weighted by Crippen LogP contribution is -2.12. The molecule has 23 heavy (non-hydrogen) atoms. The van der Waals surface area contributed by atoms with Crippen molar-refractivity contribution in [2.45, 2.75) is 38.3 Å². The van der Waals surface area contributed by atoms with Crippen molar-refractivity contribution in [2.75, 3.05) is 12.4 Å². The van der Waals surface area contributed by atoms with Gasteiger partial charge in [-0.25, -0.2) is 4.98 Å². The number of rotatable bonds is 6. The van der Waals surface area contributed by atoms with Gasteiger partial charge in [0.2, 0.25) is 0 Å². The number of anilines is 1. The average molecular weight is 333 g/mol. The summed E-state index contributed by atoms with van der Waals surface area (Å²) in [7, 11) is 1.67. The zero-order valence-electron chi connectivity index (χ0n) is 13.2. The lowest BCUT2D eigenvalue weighted by molar-refractivity contribution is 0.210. The Balaban J connectivity index is 1.72. The number of hydrogen-bond donors (Lipinski definition) is 1. The van der Waals surface area contributed by atoms with E-state index in [4.69, 9.17) is 21.1 Å². The highest BCUT2D eigenvalue weighted by atomic mass is 35.5. The molecule has 1 N–H and O–H groups in total. The Morgan fingerprint density at radius 2 is 2.04 bits per heavy atom. The molecular weight excluding hydrogens is 312 g/mol. The van der Waals surface area contributed by atoms with Crippen molar-refractivity contribution < 1.29 is 9.47 Å². The van der Waals surface area contributed by atoms with Crippen LogP contribution in [0.3, 0.4) is 0 Å². The zero-order valence-corrected chi connectivity index (χ0v) is 14.0. The largest absolute Gasteiger partial charge is 0.497 e. The fourth-order valence-corrected chi connectivity index (χ4v) is 2.88. The Bertz CT molecular complexity index is 640. The predicted molar refractivity (Wildman–Crippen MR) is 92.5 cm³/mol. The van der Waals surface area contributed by atoms with Crippen LogP contribution in [0.2, 0.25) is 5.15 Å². The molecule has 0 saturated heterocycles. The second-order valence-electron chi connectivity index (χ2n) is 5.73. The summed E-state index contributed by atoms with van der Waals surface area (Å²) in [6.07, 6.45) is 6.81. The van der Waals surface area contributed by atoms with Gasteiger partial charge in [0.1, 0.15) is 16.7 Å². The van der Waals surface area contributed by atoms with Crippen LogP contribution in [0, 0.1) is 0 Å². The van der Waals surface area contributed by atoms with Gasteiger partial charge in [-0.3, -0.25) is 0 Å². The van der Waals surface area contributed by atoms with E-state index in [-0.39, 0.29) is 0 Å². The smallest absolute Gasteiger partial charge is 0.146 e. The maximum atomic E-state index is 6.18. The Labute approximate surface area is 141 Å². The number of methoxy groups -OCH3 is 1. The number of hydrogen-bond acceptors (Lipinski definition) is 4. The molecule has 0 unspecified atom stereocenters. The van der Waals surface area contributed by atoms with Crippen LogP contribution in [0.4, 0.5) is 5.69 Å². The van der Waals surface area contributed by atoms with Crippen molar-refractivity contribution >= 4 is 17.3 Å². The number of halogens is 1. The van der Waals surface area contributed by atoms with Crippen molar-refractivity contribution in [1.82, 2.24) is 4.98 Å². The third-order valence-electron chi connectivity index (χ3n) is 4.06. The minimum absolute atomic E-state index is 0.305. The van der Waals surface area contributed by atoms with Crippen molar-refractivity contribution in [3.05, 3.63) is 47.2 Å². The van der Waals surface area contributed by atoms with E-state index in [0.29, 0.717) is 17.8 Å². The van der Waals surface area contributed by atoms with E-state index >= 15 is 0 Å². The number of benzene rings is 1.